The van der Waals surface area contributed by atoms with E-state index in [4.69, 9.17) is 10.5 Å². The highest BCUT2D eigenvalue weighted by molar-refractivity contribution is 5.98. The van der Waals surface area contributed by atoms with Crippen molar-refractivity contribution in [1.29, 1.82) is 0 Å². The molecule has 5 heteroatoms. The molecular weight excluding hydrogens is 254 g/mol. The molecule has 1 amide bonds. The highest BCUT2D eigenvalue weighted by Crippen LogP contribution is 2.25. The molecule has 1 aliphatic heterocycles. The van der Waals surface area contributed by atoms with Crippen molar-refractivity contribution in [2.75, 3.05) is 39.5 Å². The molecule has 2 rings (SSSR count). The van der Waals surface area contributed by atoms with Crippen molar-refractivity contribution in [3.63, 3.8) is 0 Å². The summed E-state index contributed by atoms with van der Waals surface area (Å²) in [6.07, 6.45) is 2.26. The third-order valence-corrected chi connectivity index (χ3v) is 3.88. The Kier molecular flexibility index (Phi) is 4.84. The van der Waals surface area contributed by atoms with Gasteiger partial charge in [0.05, 0.1) is 18.4 Å². The second-order valence-corrected chi connectivity index (χ2v) is 5.38. The second kappa shape index (κ2) is 6.61. The van der Waals surface area contributed by atoms with Crippen molar-refractivity contribution < 1.29 is 9.53 Å². The highest BCUT2D eigenvalue weighted by Gasteiger charge is 2.19. The predicted molar refractivity (Wildman–Crippen MR) is 80.0 cm³/mol. The van der Waals surface area contributed by atoms with Crippen molar-refractivity contribution in [2.45, 2.75) is 12.8 Å². The van der Waals surface area contributed by atoms with Gasteiger partial charge in [-0.25, -0.2) is 0 Å². The SMILES string of the molecule is COc1c(N)cccc1C(=O)NCC1CCN(C)CC1. The van der Waals surface area contributed by atoms with Gasteiger partial charge in [-0.05, 0) is 51.0 Å². The van der Waals surface area contributed by atoms with Gasteiger partial charge in [0.25, 0.3) is 5.91 Å². The number of nitrogens with zero attached hydrogens (tertiary/aromatic N) is 1. The van der Waals surface area contributed by atoms with E-state index in [-0.39, 0.29) is 5.91 Å². The molecule has 0 unspecified atom stereocenters. The number of hydrogen-bond donors (Lipinski definition) is 2. The summed E-state index contributed by atoms with van der Waals surface area (Å²) in [5, 5.41) is 2.99. The van der Waals surface area contributed by atoms with Crippen molar-refractivity contribution >= 4 is 11.6 Å². The number of ether oxygens (including phenoxy) is 1. The molecule has 0 aliphatic carbocycles. The fraction of sp³-hybridized carbons (Fsp3) is 0.533. The van der Waals surface area contributed by atoms with Crippen LogP contribution < -0.4 is 15.8 Å². The molecule has 20 heavy (non-hydrogen) atoms. The average molecular weight is 277 g/mol. The topological polar surface area (TPSA) is 67.6 Å². The summed E-state index contributed by atoms with van der Waals surface area (Å²) in [6, 6.07) is 5.23. The Morgan fingerprint density at radius 2 is 2.15 bits per heavy atom. The number of amides is 1. The lowest BCUT2D eigenvalue weighted by molar-refractivity contribution is 0.0936. The Labute approximate surface area is 120 Å². The number of rotatable bonds is 4. The number of likely N-dealkylation sites (tertiary alicyclic amines) is 1. The number of nitrogen functional groups attached to an aromatic ring is 1. The third-order valence-electron chi connectivity index (χ3n) is 3.88. The van der Waals surface area contributed by atoms with Crippen LogP contribution in [0.3, 0.4) is 0 Å². The van der Waals surface area contributed by atoms with Crippen LogP contribution in [0.15, 0.2) is 18.2 Å². The van der Waals surface area contributed by atoms with Crippen LogP contribution in [0.5, 0.6) is 5.75 Å². The van der Waals surface area contributed by atoms with E-state index in [2.05, 4.69) is 17.3 Å². The number of methoxy groups -OCH3 is 1. The van der Waals surface area contributed by atoms with Gasteiger partial charge in [0.1, 0.15) is 0 Å². The zero-order chi connectivity index (χ0) is 14.5. The standard InChI is InChI=1S/C15H23N3O2/c1-18-8-6-11(7-9-18)10-17-15(19)12-4-3-5-13(16)14(12)20-2/h3-5,11H,6-10,16H2,1-2H3,(H,17,19). The Balaban J connectivity index is 1.94. The number of anilines is 1. The van der Waals surface area contributed by atoms with Gasteiger partial charge in [-0.3, -0.25) is 4.79 Å². The average Bonchev–Trinajstić information content (AvgIpc) is 2.46. The zero-order valence-electron chi connectivity index (χ0n) is 12.2. The highest BCUT2D eigenvalue weighted by atomic mass is 16.5. The molecule has 5 nitrogen and oxygen atoms in total. The minimum absolute atomic E-state index is 0.118. The van der Waals surface area contributed by atoms with Crippen LogP contribution in [0.25, 0.3) is 0 Å². The molecule has 1 saturated heterocycles. The summed E-state index contributed by atoms with van der Waals surface area (Å²) in [5.74, 6) is 0.892. The quantitative estimate of drug-likeness (QED) is 0.815. The molecule has 0 atom stereocenters. The Bertz CT molecular complexity index is 468. The number of hydrogen-bond acceptors (Lipinski definition) is 4. The third kappa shape index (κ3) is 3.42. The van der Waals surface area contributed by atoms with Gasteiger partial charge in [0.2, 0.25) is 0 Å². The van der Waals surface area contributed by atoms with Crippen LogP contribution in [-0.4, -0.2) is 44.6 Å². The molecular formula is C15H23N3O2. The van der Waals surface area contributed by atoms with Gasteiger partial charge in [0.15, 0.2) is 5.75 Å². The molecule has 1 aromatic rings. The lowest BCUT2D eigenvalue weighted by Crippen LogP contribution is -2.37. The van der Waals surface area contributed by atoms with Gasteiger partial charge in [-0.2, -0.15) is 0 Å². The van der Waals surface area contributed by atoms with Crippen molar-refractivity contribution in [2.24, 2.45) is 5.92 Å². The largest absolute Gasteiger partial charge is 0.494 e. The summed E-state index contributed by atoms with van der Waals surface area (Å²) in [4.78, 5) is 14.5. The van der Waals surface area contributed by atoms with E-state index < -0.39 is 0 Å². The maximum absolute atomic E-state index is 12.2. The number of carbonyl (C=O) groups excluding carboxylic acids is 1. The van der Waals surface area contributed by atoms with Crippen molar-refractivity contribution in [1.82, 2.24) is 10.2 Å². The van der Waals surface area contributed by atoms with E-state index in [0.717, 1.165) is 25.9 Å². The van der Waals surface area contributed by atoms with Crippen LogP contribution in [-0.2, 0) is 0 Å². The normalized spacial score (nSPS) is 16.9. The summed E-state index contributed by atoms with van der Waals surface area (Å²) >= 11 is 0. The molecule has 110 valence electrons. The smallest absolute Gasteiger partial charge is 0.255 e. The van der Waals surface area contributed by atoms with Gasteiger partial charge < -0.3 is 20.7 Å². The molecule has 0 radical (unpaired) electrons. The molecule has 1 heterocycles. The summed E-state index contributed by atoms with van der Waals surface area (Å²) < 4.78 is 5.21. The molecule has 0 spiro atoms. The molecule has 0 aromatic heterocycles. The Morgan fingerprint density at radius 1 is 1.45 bits per heavy atom. The number of piperidine rings is 1. The zero-order valence-corrected chi connectivity index (χ0v) is 12.2. The van der Waals surface area contributed by atoms with Gasteiger partial charge in [-0.15, -0.1) is 0 Å². The fourth-order valence-electron chi connectivity index (χ4n) is 2.56. The van der Waals surface area contributed by atoms with Gasteiger partial charge in [-0.1, -0.05) is 6.07 Å². The fourth-order valence-corrected chi connectivity index (χ4v) is 2.56. The molecule has 0 bridgehead atoms. The Morgan fingerprint density at radius 3 is 2.80 bits per heavy atom. The van der Waals surface area contributed by atoms with Gasteiger partial charge in [0, 0.05) is 6.54 Å². The monoisotopic (exact) mass is 277 g/mol. The molecule has 3 N–H and O–H groups in total. The lowest BCUT2D eigenvalue weighted by atomic mass is 9.97. The number of para-hydroxylation sites is 1. The van der Waals surface area contributed by atoms with E-state index in [1.165, 1.54) is 7.11 Å². The lowest BCUT2D eigenvalue weighted by Gasteiger charge is -2.29. The predicted octanol–water partition coefficient (Wildman–Crippen LogP) is 1.35. The van der Waals surface area contributed by atoms with Crippen molar-refractivity contribution in [3.05, 3.63) is 23.8 Å². The van der Waals surface area contributed by atoms with Crippen LogP contribution in [0, 0.1) is 5.92 Å². The number of benzene rings is 1. The first-order valence-electron chi connectivity index (χ1n) is 7.01. The molecule has 1 aromatic carbocycles. The summed E-state index contributed by atoms with van der Waals surface area (Å²) in [6.45, 7) is 2.91. The van der Waals surface area contributed by atoms with Crippen LogP contribution in [0.2, 0.25) is 0 Å². The second-order valence-electron chi connectivity index (χ2n) is 5.38. The van der Waals surface area contributed by atoms with Crippen molar-refractivity contribution in [3.8, 4) is 5.75 Å². The molecule has 1 fully saturated rings. The van der Waals surface area contributed by atoms with E-state index >= 15 is 0 Å². The van der Waals surface area contributed by atoms with E-state index in [9.17, 15) is 4.79 Å². The summed E-state index contributed by atoms with van der Waals surface area (Å²) in [7, 11) is 3.66. The van der Waals surface area contributed by atoms with Crippen LogP contribution in [0.1, 0.15) is 23.2 Å². The first kappa shape index (κ1) is 14.7. The number of nitrogens with two attached hydrogens (primary N) is 1. The molecule has 1 aliphatic rings. The number of carbonyl (C=O) groups is 1. The van der Waals surface area contributed by atoms with Gasteiger partial charge >= 0.3 is 0 Å². The maximum Gasteiger partial charge on any atom is 0.255 e. The van der Waals surface area contributed by atoms with E-state index in [1.807, 2.05) is 0 Å². The maximum atomic E-state index is 12.2. The van der Waals surface area contributed by atoms with Crippen LogP contribution in [0.4, 0.5) is 5.69 Å². The van der Waals surface area contributed by atoms with Crippen LogP contribution >= 0.6 is 0 Å². The summed E-state index contributed by atoms with van der Waals surface area (Å²) in [5.41, 5.74) is 6.80. The number of nitrogens with one attached hydrogen (secondary N) is 1. The first-order valence-corrected chi connectivity index (χ1v) is 7.01. The minimum atomic E-state index is -0.118. The van der Waals surface area contributed by atoms with E-state index in [0.29, 0.717) is 29.5 Å². The minimum Gasteiger partial charge on any atom is -0.494 e. The first-order chi connectivity index (χ1) is 9.61. The molecule has 0 saturated carbocycles. The van der Waals surface area contributed by atoms with E-state index in [1.54, 1.807) is 18.2 Å². The Hall–Kier alpha value is -1.75.